The van der Waals surface area contributed by atoms with Gasteiger partial charge in [0.15, 0.2) is 0 Å². The van der Waals surface area contributed by atoms with E-state index in [1.807, 2.05) is 19.1 Å². The maximum atomic E-state index is 9.85. The molecule has 0 amide bonds. The summed E-state index contributed by atoms with van der Waals surface area (Å²) in [5.74, 6) is 0. The quantitative estimate of drug-likeness (QED) is 0.916. The molecule has 1 aromatic carbocycles. The highest BCUT2D eigenvalue weighted by molar-refractivity contribution is 6.31. The van der Waals surface area contributed by atoms with E-state index in [1.54, 1.807) is 0 Å². The Morgan fingerprint density at radius 2 is 2.13 bits per heavy atom. The lowest BCUT2D eigenvalue weighted by Gasteiger charge is -2.31. The summed E-state index contributed by atoms with van der Waals surface area (Å²) < 4.78 is 2.15. The van der Waals surface area contributed by atoms with Gasteiger partial charge in [-0.25, -0.2) is 0 Å². The van der Waals surface area contributed by atoms with Crippen molar-refractivity contribution < 1.29 is 5.11 Å². The fraction of sp³-hybridized carbons (Fsp3) is 0.500. The zero-order valence-corrected chi connectivity index (χ0v) is 14.1. The van der Waals surface area contributed by atoms with E-state index >= 15 is 0 Å². The summed E-state index contributed by atoms with van der Waals surface area (Å²) in [7, 11) is 0. The summed E-state index contributed by atoms with van der Waals surface area (Å²) in [5.41, 5.74) is 4.48. The van der Waals surface area contributed by atoms with Crippen molar-refractivity contribution in [3.8, 4) is 11.3 Å². The number of rotatable bonds is 2. The molecule has 1 fully saturated rings. The van der Waals surface area contributed by atoms with Gasteiger partial charge in [0.1, 0.15) is 0 Å². The number of nitrogens with zero attached hydrogens (tertiary/aromatic N) is 3. The molecule has 0 radical (unpaired) electrons. The lowest BCUT2D eigenvalue weighted by molar-refractivity contribution is 0.144. The van der Waals surface area contributed by atoms with Gasteiger partial charge in [-0.1, -0.05) is 23.7 Å². The molecule has 2 aliphatic rings. The topological polar surface area (TPSA) is 41.3 Å². The fourth-order valence-corrected chi connectivity index (χ4v) is 4.07. The first-order chi connectivity index (χ1) is 11.1. The van der Waals surface area contributed by atoms with Crippen molar-refractivity contribution in [2.45, 2.75) is 44.9 Å². The lowest BCUT2D eigenvalue weighted by Crippen LogP contribution is -2.32. The number of fused-ring (bicyclic) bond motifs is 1. The third kappa shape index (κ3) is 2.69. The molecular weight excluding hydrogens is 310 g/mol. The highest BCUT2D eigenvalue weighted by Crippen LogP contribution is 2.36. The summed E-state index contributed by atoms with van der Waals surface area (Å²) in [6, 6.07) is 8.58. The molecule has 1 unspecified atom stereocenters. The van der Waals surface area contributed by atoms with Crippen LogP contribution in [0, 0.1) is 6.92 Å². The van der Waals surface area contributed by atoms with E-state index in [1.165, 1.54) is 5.69 Å². The van der Waals surface area contributed by atoms with Gasteiger partial charge in [-0.15, -0.1) is 0 Å². The summed E-state index contributed by atoms with van der Waals surface area (Å²) in [6.07, 6.45) is 2.99. The van der Waals surface area contributed by atoms with Crippen LogP contribution < -0.4 is 0 Å². The van der Waals surface area contributed by atoms with Gasteiger partial charge in [0.25, 0.3) is 0 Å². The Kier molecular flexibility index (Phi) is 3.92. The van der Waals surface area contributed by atoms with E-state index < -0.39 is 0 Å². The second-order valence-corrected chi connectivity index (χ2v) is 7.09. The highest BCUT2D eigenvalue weighted by atomic mass is 35.5. The fourth-order valence-electron chi connectivity index (χ4n) is 3.90. The van der Waals surface area contributed by atoms with Gasteiger partial charge in [0.05, 0.1) is 23.5 Å². The minimum Gasteiger partial charge on any atom is -0.392 e. The number of hydrogen-bond donors (Lipinski definition) is 1. The standard InChI is InChI=1S/C18H22ClN3O/c1-12-14(4-2-5-15(12)19)16-10-18-17(6-3-8-22(18)20-16)21-9-7-13(23)11-21/h2,4-5,10,13,17,23H,3,6-9,11H2,1H3/t13-,17?/m1/s1. The molecule has 2 aromatic rings. The van der Waals surface area contributed by atoms with E-state index in [-0.39, 0.29) is 6.10 Å². The maximum Gasteiger partial charge on any atom is 0.0929 e. The number of likely N-dealkylation sites (tertiary alicyclic amines) is 1. The van der Waals surface area contributed by atoms with E-state index in [4.69, 9.17) is 16.7 Å². The molecule has 4 rings (SSSR count). The first kappa shape index (κ1) is 15.2. The third-order valence-corrected chi connectivity index (χ3v) is 5.59. The second-order valence-electron chi connectivity index (χ2n) is 6.69. The number of benzene rings is 1. The van der Waals surface area contributed by atoms with Crippen LogP contribution in [0.4, 0.5) is 0 Å². The minimum absolute atomic E-state index is 0.178. The maximum absolute atomic E-state index is 9.85. The molecule has 4 nitrogen and oxygen atoms in total. The van der Waals surface area contributed by atoms with Crippen molar-refractivity contribution in [2.75, 3.05) is 13.1 Å². The predicted molar refractivity (Wildman–Crippen MR) is 91.6 cm³/mol. The number of aromatic nitrogens is 2. The average molecular weight is 332 g/mol. The van der Waals surface area contributed by atoms with Crippen molar-refractivity contribution in [1.82, 2.24) is 14.7 Å². The number of aliphatic hydroxyl groups excluding tert-OH is 1. The molecule has 3 heterocycles. The van der Waals surface area contributed by atoms with Crippen molar-refractivity contribution in [3.63, 3.8) is 0 Å². The minimum atomic E-state index is -0.178. The van der Waals surface area contributed by atoms with Crippen molar-refractivity contribution >= 4 is 11.6 Å². The van der Waals surface area contributed by atoms with Crippen molar-refractivity contribution in [3.05, 3.63) is 40.5 Å². The number of β-amino-alcohol motifs (C(OH)–C–C–N with tert-alkyl or cyclic N) is 1. The Hall–Kier alpha value is -1.36. The van der Waals surface area contributed by atoms with Crippen LogP contribution in [0.3, 0.4) is 0 Å². The molecule has 1 N–H and O–H groups in total. The van der Waals surface area contributed by atoms with Crippen LogP contribution in [0.25, 0.3) is 11.3 Å². The monoisotopic (exact) mass is 331 g/mol. The van der Waals surface area contributed by atoms with Gasteiger partial charge in [0, 0.05) is 30.2 Å². The van der Waals surface area contributed by atoms with Gasteiger partial charge in [-0.05, 0) is 43.9 Å². The summed E-state index contributed by atoms with van der Waals surface area (Å²) in [6.45, 7) is 4.77. The number of halogens is 1. The van der Waals surface area contributed by atoms with Crippen LogP contribution in [0.1, 0.15) is 36.6 Å². The number of hydrogen-bond acceptors (Lipinski definition) is 3. The first-order valence-corrected chi connectivity index (χ1v) is 8.76. The number of aliphatic hydroxyl groups is 1. The molecule has 2 aliphatic heterocycles. The van der Waals surface area contributed by atoms with E-state index in [0.717, 1.165) is 60.7 Å². The Morgan fingerprint density at radius 1 is 1.26 bits per heavy atom. The Bertz CT molecular complexity index is 727. The lowest BCUT2D eigenvalue weighted by atomic mass is 10.0. The van der Waals surface area contributed by atoms with Gasteiger partial charge in [-0.3, -0.25) is 9.58 Å². The molecule has 0 bridgehead atoms. The van der Waals surface area contributed by atoms with Gasteiger partial charge >= 0.3 is 0 Å². The smallest absolute Gasteiger partial charge is 0.0929 e. The van der Waals surface area contributed by atoms with Crippen LogP contribution in [-0.2, 0) is 6.54 Å². The van der Waals surface area contributed by atoms with Crippen LogP contribution in [0.5, 0.6) is 0 Å². The molecule has 1 aromatic heterocycles. The van der Waals surface area contributed by atoms with Gasteiger partial charge in [0.2, 0.25) is 0 Å². The predicted octanol–water partition coefficient (Wildman–Crippen LogP) is 3.41. The van der Waals surface area contributed by atoms with E-state index in [2.05, 4.69) is 21.7 Å². The Balaban J connectivity index is 1.71. The molecule has 122 valence electrons. The molecule has 0 aliphatic carbocycles. The Morgan fingerprint density at radius 3 is 2.91 bits per heavy atom. The van der Waals surface area contributed by atoms with Crippen LogP contribution in [0.2, 0.25) is 5.02 Å². The van der Waals surface area contributed by atoms with Gasteiger partial charge < -0.3 is 5.11 Å². The van der Waals surface area contributed by atoms with Crippen molar-refractivity contribution in [1.29, 1.82) is 0 Å². The molecule has 0 spiro atoms. The highest BCUT2D eigenvalue weighted by Gasteiger charge is 2.32. The van der Waals surface area contributed by atoms with E-state index in [0.29, 0.717) is 6.04 Å². The Labute approximate surface area is 141 Å². The molecular formula is C18H22ClN3O. The zero-order valence-electron chi connectivity index (χ0n) is 13.4. The van der Waals surface area contributed by atoms with E-state index in [9.17, 15) is 5.11 Å². The summed E-state index contributed by atoms with van der Waals surface area (Å²) >= 11 is 6.27. The van der Waals surface area contributed by atoms with Crippen molar-refractivity contribution in [2.24, 2.45) is 0 Å². The molecule has 0 saturated carbocycles. The first-order valence-electron chi connectivity index (χ1n) is 8.39. The average Bonchev–Trinajstić information content (AvgIpc) is 3.15. The van der Waals surface area contributed by atoms with Crippen LogP contribution >= 0.6 is 11.6 Å². The molecule has 2 atom stereocenters. The largest absolute Gasteiger partial charge is 0.392 e. The van der Waals surface area contributed by atoms with Crippen LogP contribution in [0.15, 0.2) is 24.3 Å². The summed E-state index contributed by atoms with van der Waals surface area (Å²) in [4.78, 5) is 2.41. The molecule has 5 heteroatoms. The molecule has 1 saturated heterocycles. The zero-order chi connectivity index (χ0) is 16.0. The van der Waals surface area contributed by atoms with Gasteiger partial charge in [-0.2, -0.15) is 5.10 Å². The second kappa shape index (κ2) is 5.93. The summed E-state index contributed by atoms with van der Waals surface area (Å²) in [5, 5.41) is 15.5. The molecule has 23 heavy (non-hydrogen) atoms. The SMILES string of the molecule is Cc1c(Cl)cccc1-c1cc2n(n1)CCCC2N1CC[C@@H](O)C1. The normalized spacial score (nSPS) is 24.8. The van der Waals surface area contributed by atoms with Crippen LogP contribution in [-0.4, -0.2) is 39.0 Å². The number of aryl methyl sites for hydroxylation is 1. The third-order valence-electron chi connectivity index (χ3n) is 5.18.